The summed E-state index contributed by atoms with van der Waals surface area (Å²) in [6.45, 7) is 8.32. The predicted octanol–water partition coefficient (Wildman–Crippen LogP) is 2.56. The Bertz CT molecular complexity index is 501. The van der Waals surface area contributed by atoms with Gasteiger partial charge in [-0.25, -0.2) is 4.98 Å². The van der Waals surface area contributed by atoms with E-state index in [2.05, 4.69) is 42.2 Å². The minimum absolute atomic E-state index is 0.439. The lowest BCUT2D eigenvalue weighted by molar-refractivity contribution is 0.749. The van der Waals surface area contributed by atoms with Gasteiger partial charge in [0.15, 0.2) is 5.65 Å². The summed E-state index contributed by atoms with van der Waals surface area (Å²) >= 11 is 0. The van der Waals surface area contributed by atoms with E-state index < -0.39 is 0 Å². The third-order valence-corrected chi connectivity index (χ3v) is 2.69. The maximum atomic E-state index is 4.38. The second-order valence-corrected chi connectivity index (χ2v) is 4.30. The Morgan fingerprint density at radius 1 is 1.38 bits per heavy atom. The van der Waals surface area contributed by atoms with E-state index in [1.54, 1.807) is 0 Å². The molecule has 0 radical (unpaired) electrons. The molecule has 16 heavy (non-hydrogen) atoms. The largest absolute Gasteiger partial charge is 0.368 e. The van der Waals surface area contributed by atoms with Crippen molar-refractivity contribution in [1.82, 2.24) is 14.6 Å². The van der Waals surface area contributed by atoms with Crippen LogP contribution in [0.3, 0.4) is 0 Å². The fourth-order valence-corrected chi connectivity index (χ4v) is 1.68. The van der Waals surface area contributed by atoms with E-state index in [-0.39, 0.29) is 0 Å². The van der Waals surface area contributed by atoms with Gasteiger partial charge in [0.1, 0.15) is 11.6 Å². The minimum atomic E-state index is 0.439. The van der Waals surface area contributed by atoms with Crippen LogP contribution in [0.15, 0.2) is 12.1 Å². The average Bonchev–Trinajstić information content (AvgIpc) is 2.58. The van der Waals surface area contributed by atoms with Crippen LogP contribution in [0.25, 0.3) is 5.65 Å². The molecule has 2 aromatic heterocycles. The maximum Gasteiger partial charge on any atom is 0.158 e. The lowest BCUT2D eigenvalue weighted by atomic mass is 10.2. The number of fused-ring (bicyclic) bond motifs is 1. The second kappa shape index (κ2) is 4.12. The molecule has 2 aromatic rings. The Kier molecular flexibility index (Phi) is 2.81. The molecule has 4 heteroatoms. The molecule has 0 aliphatic rings. The molecule has 0 aromatic carbocycles. The third kappa shape index (κ3) is 2.01. The molecule has 1 unspecified atom stereocenters. The van der Waals surface area contributed by atoms with Crippen molar-refractivity contribution < 1.29 is 0 Å². The van der Waals surface area contributed by atoms with Crippen molar-refractivity contribution >= 4 is 11.5 Å². The summed E-state index contributed by atoms with van der Waals surface area (Å²) in [7, 11) is 0. The molecule has 0 saturated heterocycles. The fraction of sp³-hybridized carbons (Fsp3) is 0.500. The van der Waals surface area contributed by atoms with E-state index in [1.807, 2.05) is 17.5 Å². The van der Waals surface area contributed by atoms with E-state index in [4.69, 9.17) is 0 Å². The highest BCUT2D eigenvalue weighted by molar-refractivity contribution is 5.52. The Balaban J connectivity index is 2.49. The highest BCUT2D eigenvalue weighted by Gasteiger charge is 2.07. The Morgan fingerprint density at radius 2 is 2.12 bits per heavy atom. The van der Waals surface area contributed by atoms with Crippen LogP contribution in [-0.2, 0) is 0 Å². The van der Waals surface area contributed by atoms with Gasteiger partial charge in [0.05, 0.1) is 0 Å². The molecule has 2 heterocycles. The fourth-order valence-electron chi connectivity index (χ4n) is 1.68. The van der Waals surface area contributed by atoms with E-state index in [0.29, 0.717) is 6.04 Å². The summed E-state index contributed by atoms with van der Waals surface area (Å²) in [5.74, 6) is 1.82. The standard InChI is InChI=1S/C12H18N4/c1-5-9(3)13-11-6-8(2)7-12-14-10(4)15-16(11)12/h6-7,9,13H,5H2,1-4H3. The predicted molar refractivity (Wildman–Crippen MR) is 65.8 cm³/mol. The maximum absolute atomic E-state index is 4.38. The van der Waals surface area contributed by atoms with Crippen LogP contribution in [0, 0.1) is 13.8 Å². The molecule has 0 aliphatic carbocycles. The van der Waals surface area contributed by atoms with Gasteiger partial charge in [0.2, 0.25) is 0 Å². The summed E-state index contributed by atoms with van der Waals surface area (Å²) < 4.78 is 1.87. The number of nitrogens with one attached hydrogen (secondary N) is 1. The van der Waals surface area contributed by atoms with Gasteiger partial charge < -0.3 is 5.32 Å². The Morgan fingerprint density at radius 3 is 2.81 bits per heavy atom. The first kappa shape index (κ1) is 10.9. The number of aryl methyl sites for hydroxylation is 2. The van der Waals surface area contributed by atoms with Gasteiger partial charge in [-0.05, 0) is 44.9 Å². The van der Waals surface area contributed by atoms with Gasteiger partial charge in [-0.15, -0.1) is 5.10 Å². The van der Waals surface area contributed by atoms with Gasteiger partial charge in [0, 0.05) is 6.04 Å². The summed E-state index contributed by atoms with van der Waals surface area (Å²) in [6.07, 6.45) is 1.09. The van der Waals surface area contributed by atoms with Crippen LogP contribution in [0.4, 0.5) is 5.82 Å². The first-order chi connectivity index (χ1) is 7.60. The van der Waals surface area contributed by atoms with Crippen LogP contribution in [0.1, 0.15) is 31.7 Å². The summed E-state index contributed by atoms with van der Waals surface area (Å²) in [6, 6.07) is 4.59. The zero-order valence-electron chi connectivity index (χ0n) is 10.3. The van der Waals surface area contributed by atoms with Gasteiger partial charge >= 0.3 is 0 Å². The van der Waals surface area contributed by atoms with Crippen molar-refractivity contribution in [3.63, 3.8) is 0 Å². The van der Waals surface area contributed by atoms with Crippen molar-refractivity contribution in [3.8, 4) is 0 Å². The summed E-state index contributed by atoms with van der Waals surface area (Å²) in [5, 5.41) is 7.83. The minimum Gasteiger partial charge on any atom is -0.368 e. The Hall–Kier alpha value is -1.58. The molecule has 0 aliphatic heterocycles. The summed E-state index contributed by atoms with van der Waals surface area (Å²) in [5.41, 5.74) is 2.11. The molecule has 0 amide bonds. The van der Waals surface area contributed by atoms with Crippen molar-refractivity contribution in [2.45, 2.75) is 40.2 Å². The van der Waals surface area contributed by atoms with Crippen molar-refractivity contribution in [1.29, 1.82) is 0 Å². The van der Waals surface area contributed by atoms with Crippen molar-refractivity contribution in [2.24, 2.45) is 0 Å². The number of hydrogen-bond acceptors (Lipinski definition) is 3. The Labute approximate surface area is 95.7 Å². The van der Waals surface area contributed by atoms with Crippen LogP contribution < -0.4 is 5.32 Å². The first-order valence-electron chi connectivity index (χ1n) is 5.70. The van der Waals surface area contributed by atoms with Crippen LogP contribution in [0.2, 0.25) is 0 Å². The molecular formula is C12H18N4. The number of pyridine rings is 1. The molecule has 2 rings (SSSR count). The lowest BCUT2D eigenvalue weighted by Gasteiger charge is -2.14. The van der Waals surface area contributed by atoms with Gasteiger partial charge in [-0.3, -0.25) is 0 Å². The van der Waals surface area contributed by atoms with E-state index >= 15 is 0 Å². The van der Waals surface area contributed by atoms with E-state index in [9.17, 15) is 0 Å². The number of aromatic nitrogens is 3. The molecule has 0 saturated carbocycles. The van der Waals surface area contributed by atoms with Crippen LogP contribution >= 0.6 is 0 Å². The topological polar surface area (TPSA) is 42.2 Å². The molecule has 1 atom stereocenters. The molecule has 4 nitrogen and oxygen atoms in total. The number of rotatable bonds is 3. The number of anilines is 1. The van der Waals surface area contributed by atoms with E-state index in [1.165, 1.54) is 5.56 Å². The summed E-state index contributed by atoms with van der Waals surface area (Å²) in [4.78, 5) is 4.38. The van der Waals surface area contributed by atoms with Crippen LogP contribution in [0.5, 0.6) is 0 Å². The molecule has 0 spiro atoms. The quantitative estimate of drug-likeness (QED) is 0.861. The van der Waals surface area contributed by atoms with Crippen molar-refractivity contribution in [2.75, 3.05) is 5.32 Å². The monoisotopic (exact) mass is 218 g/mol. The molecule has 0 fully saturated rings. The molecular weight excluding hydrogens is 200 g/mol. The SMILES string of the molecule is CCC(C)Nc1cc(C)cc2nc(C)nn12. The lowest BCUT2D eigenvalue weighted by Crippen LogP contribution is -2.16. The number of nitrogens with zero attached hydrogens (tertiary/aromatic N) is 3. The van der Waals surface area contributed by atoms with Crippen LogP contribution in [-0.4, -0.2) is 20.6 Å². The first-order valence-corrected chi connectivity index (χ1v) is 5.70. The smallest absolute Gasteiger partial charge is 0.158 e. The molecule has 86 valence electrons. The van der Waals surface area contributed by atoms with Gasteiger partial charge in [0.25, 0.3) is 0 Å². The molecule has 0 bridgehead atoms. The highest BCUT2D eigenvalue weighted by atomic mass is 15.3. The zero-order valence-corrected chi connectivity index (χ0v) is 10.3. The van der Waals surface area contributed by atoms with Gasteiger partial charge in [-0.2, -0.15) is 4.52 Å². The number of hydrogen-bond donors (Lipinski definition) is 1. The van der Waals surface area contributed by atoms with Crippen molar-refractivity contribution in [3.05, 3.63) is 23.5 Å². The second-order valence-electron chi connectivity index (χ2n) is 4.30. The average molecular weight is 218 g/mol. The molecule has 1 N–H and O–H groups in total. The highest BCUT2D eigenvalue weighted by Crippen LogP contribution is 2.15. The third-order valence-electron chi connectivity index (χ3n) is 2.69. The van der Waals surface area contributed by atoms with Gasteiger partial charge in [-0.1, -0.05) is 6.92 Å². The normalized spacial score (nSPS) is 13.0. The van der Waals surface area contributed by atoms with E-state index in [0.717, 1.165) is 23.7 Å². The zero-order chi connectivity index (χ0) is 11.7.